The summed E-state index contributed by atoms with van der Waals surface area (Å²) in [6, 6.07) is 17.2. The van der Waals surface area contributed by atoms with Crippen LogP contribution < -0.4 is 0 Å². The zero-order valence-electron chi connectivity index (χ0n) is 22.9. The van der Waals surface area contributed by atoms with Crippen molar-refractivity contribution in [2.45, 2.75) is 32.2 Å². The summed E-state index contributed by atoms with van der Waals surface area (Å²) in [7, 11) is 0. The van der Waals surface area contributed by atoms with Crippen LogP contribution in [0.25, 0.3) is 39.7 Å². The highest BCUT2D eigenvalue weighted by atomic mass is 19.1. The summed E-state index contributed by atoms with van der Waals surface area (Å²) in [5.74, 6) is 1.73. The van der Waals surface area contributed by atoms with Gasteiger partial charge >= 0.3 is 0 Å². The van der Waals surface area contributed by atoms with Crippen molar-refractivity contribution in [1.29, 1.82) is 0 Å². The van der Waals surface area contributed by atoms with E-state index in [0.29, 0.717) is 34.6 Å². The third-order valence-electron chi connectivity index (χ3n) is 7.65. The minimum absolute atomic E-state index is 0.123. The molecular weight excluding hydrogens is 536 g/mol. The number of likely N-dealkylation sites (tertiary alicyclic amines) is 1. The highest BCUT2D eigenvalue weighted by molar-refractivity contribution is 5.81. The van der Waals surface area contributed by atoms with Crippen molar-refractivity contribution in [3.05, 3.63) is 102 Å². The Balaban J connectivity index is 1.07. The van der Waals surface area contributed by atoms with E-state index in [4.69, 9.17) is 4.98 Å². The fourth-order valence-electron chi connectivity index (χ4n) is 5.50. The largest absolute Gasteiger partial charge is 0.299 e. The maximum atomic E-state index is 14.8. The topological polar surface area (TPSA) is 101 Å². The van der Waals surface area contributed by atoms with Crippen molar-refractivity contribution in [2.24, 2.45) is 0 Å². The van der Waals surface area contributed by atoms with E-state index in [0.717, 1.165) is 67.3 Å². The van der Waals surface area contributed by atoms with Crippen molar-refractivity contribution in [3.63, 3.8) is 0 Å². The van der Waals surface area contributed by atoms with Gasteiger partial charge in [0.1, 0.15) is 23.2 Å². The molecule has 0 spiro atoms. The summed E-state index contributed by atoms with van der Waals surface area (Å²) in [6.45, 7) is 4.45. The number of hydrogen-bond donors (Lipinski definition) is 1. The predicted molar refractivity (Wildman–Crippen MR) is 153 cm³/mol. The molecule has 5 heterocycles. The van der Waals surface area contributed by atoms with Gasteiger partial charge in [0.25, 0.3) is 5.78 Å². The van der Waals surface area contributed by atoms with Crippen LogP contribution in [0.4, 0.5) is 8.78 Å². The lowest BCUT2D eigenvalue weighted by Gasteiger charge is -2.30. The average Bonchev–Trinajstić information content (AvgIpc) is 3.65. The van der Waals surface area contributed by atoms with Crippen LogP contribution in [0.3, 0.4) is 0 Å². The van der Waals surface area contributed by atoms with Crippen LogP contribution in [0.1, 0.15) is 36.0 Å². The predicted octanol–water partition coefficient (Wildman–Crippen LogP) is 5.60. The molecule has 1 aliphatic rings. The molecule has 1 aliphatic heterocycles. The molecule has 0 unspecified atom stereocenters. The van der Waals surface area contributed by atoms with E-state index in [1.54, 1.807) is 19.3 Å². The number of rotatable bonds is 6. The third-order valence-corrected chi connectivity index (χ3v) is 7.65. The van der Waals surface area contributed by atoms with E-state index >= 15 is 0 Å². The summed E-state index contributed by atoms with van der Waals surface area (Å²) in [5, 5.41) is 11.8. The zero-order chi connectivity index (χ0) is 28.6. The smallest absolute Gasteiger partial charge is 0.252 e. The number of fused-ring (bicyclic) bond motifs is 1. The number of aromatic nitrogens is 8. The van der Waals surface area contributed by atoms with Gasteiger partial charge in [-0.2, -0.15) is 15.2 Å². The lowest BCUT2D eigenvalue weighted by Crippen LogP contribution is -2.32. The van der Waals surface area contributed by atoms with Gasteiger partial charge in [0, 0.05) is 41.5 Å². The van der Waals surface area contributed by atoms with E-state index in [1.165, 1.54) is 10.6 Å². The first-order valence-corrected chi connectivity index (χ1v) is 13.8. The fraction of sp³-hybridized carbons (Fsp3) is 0.226. The van der Waals surface area contributed by atoms with Gasteiger partial charge in [0.05, 0.1) is 5.69 Å². The average molecular weight is 564 g/mol. The number of nitrogens with zero attached hydrogens (tertiary/aromatic N) is 8. The molecule has 210 valence electrons. The van der Waals surface area contributed by atoms with Crippen LogP contribution in [0.2, 0.25) is 0 Å². The Bertz CT molecular complexity index is 1860. The van der Waals surface area contributed by atoms with Gasteiger partial charge in [0.15, 0.2) is 11.6 Å². The Morgan fingerprint density at radius 2 is 1.76 bits per heavy atom. The van der Waals surface area contributed by atoms with Crippen LogP contribution in [-0.4, -0.2) is 57.7 Å². The number of halogens is 2. The van der Waals surface area contributed by atoms with Crippen molar-refractivity contribution in [3.8, 4) is 33.9 Å². The van der Waals surface area contributed by atoms with Gasteiger partial charge in [-0.3, -0.25) is 15.0 Å². The maximum Gasteiger partial charge on any atom is 0.252 e. The van der Waals surface area contributed by atoms with Crippen molar-refractivity contribution >= 4 is 5.78 Å². The number of pyridine rings is 1. The highest BCUT2D eigenvalue weighted by Gasteiger charge is 2.24. The number of aromatic amines is 1. The quantitative estimate of drug-likeness (QED) is 0.281. The Kier molecular flexibility index (Phi) is 6.71. The molecule has 7 rings (SSSR count). The van der Waals surface area contributed by atoms with Gasteiger partial charge in [0.2, 0.25) is 0 Å². The molecule has 1 N–H and O–H groups in total. The minimum Gasteiger partial charge on any atom is -0.299 e. The third kappa shape index (κ3) is 5.14. The SMILES string of the molecule is Cc1nc2nc(-c3ccc(CN4CCC(c5n[nH]c(-c6ccccn6)n5)CC4)cc3)c(-c3cc(F)ccc3F)cn2n1. The summed E-state index contributed by atoms with van der Waals surface area (Å²) >= 11 is 0. The molecule has 1 fully saturated rings. The summed E-state index contributed by atoms with van der Waals surface area (Å²) in [6.07, 6.45) is 5.35. The minimum atomic E-state index is -0.534. The highest BCUT2D eigenvalue weighted by Crippen LogP contribution is 2.33. The van der Waals surface area contributed by atoms with Crippen LogP contribution in [0, 0.1) is 18.6 Å². The molecule has 0 amide bonds. The number of aryl methyl sites for hydroxylation is 1. The van der Waals surface area contributed by atoms with E-state index in [2.05, 4.69) is 47.3 Å². The maximum absolute atomic E-state index is 14.8. The Labute approximate surface area is 240 Å². The Morgan fingerprint density at radius 3 is 2.55 bits per heavy atom. The second-order valence-electron chi connectivity index (χ2n) is 10.5. The van der Waals surface area contributed by atoms with E-state index in [1.807, 2.05) is 30.3 Å². The Hall–Kier alpha value is -4.90. The first kappa shape index (κ1) is 26.0. The van der Waals surface area contributed by atoms with E-state index < -0.39 is 11.6 Å². The van der Waals surface area contributed by atoms with Crippen molar-refractivity contribution < 1.29 is 8.78 Å². The molecule has 11 heteroatoms. The molecule has 0 saturated carbocycles. The zero-order valence-corrected chi connectivity index (χ0v) is 22.9. The molecule has 6 aromatic rings. The molecule has 9 nitrogen and oxygen atoms in total. The lowest BCUT2D eigenvalue weighted by atomic mass is 9.95. The fourth-order valence-corrected chi connectivity index (χ4v) is 5.50. The first-order valence-electron chi connectivity index (χ1n) is 13.8. The van der Waals surface area contributed by atoms with Gasteiger partial charge in [-0.25, -0.2) is 23.3 Å². The van der Waals surface area contributed by atoms with Crippen LogP contribution in [0.15, 0.2) is 73.1 Å². The summed E-state index contributed by atoms with van der Waals surface area (Å²) in [4.78, 5) is 20.5. The van der Waals surface area contributed by atoms with Crippen LogP contribution >= 0.6 is 0 Å². The van der Waals surface area contributed by atoms with E-state index in [9.17, 15) is 8.78 Å². The number of benzene rings is 2. The lowest BCUT2D eigenvalue weighted by molar-refractivity contribution is 0.202. The molecule has 2 aromatic carbocycles. The summed E-state index contributed by atoms with van der Waals surface area (Å²) in [5.41, 5.74) is 3.81. The molecule has 0 atom stereocenters. The number of nitrogens with one attached hydrogen (secondary N) is 1. The number of H-pyrrole nitrogens is 1. The van der Waals surface area contributed by atoms with E-state index in [-0.39, 0.29) is 5.56 Å². The van der Waals surface area contributed by atoms with Gasteiger partial charge in [-0.1, -0.05) is 30.3 Å². The molecule has 0 aliphatic carbocycles. The molecule has 0 radical (unpaired) electrons. The van der Waals surface area contributed by atoms with Crippen LogP contribution in [0.5, 0.6) is 0 Å². The molecule has 1 saturated heterocycles. The van der Waals surface area contributed by atoms with Gasteiger partial charge < -0.3 is 0 Å². The normalized spacial score (nSPS) is 14.5. The second-order valence-corrected chi connectivity index (χ2v) is 10.5. The Morgan fingerprint density at radius 1 is 0.929 bits per heavy atom. The van der Waals surface area contributed by atoms with Crippen molar-refractivity contribution in [1.82, 2.24) is 44.6 Å². The van der Waals surface area contributed by atoms with Crippen molar-refractivity contribution in [2.75, 3.05) is 13.1 Å². The number of piperidine rings is 1. The number of hydrogen-bond acceptors (Lipinski definition) is 7. The van der Waals surface area contributed by atoms with Crippen LogP contribution in [-0.2, 0) is 6.54 Å². The van der Waals surface area contributed by atoms with Gasteiger partial charge in [-0.05, 0) is 68.8 Å². The van der Waals surface area contributed by atoms with Gasteiger partial charge in [-0.15, -0.1) is 0 Å². The molecule has 42 heavy (non-hydrogen) atoms. The monoisotopic (exact) mass is 563 g/mol. The molecule has 4 aromatic heterocycles. The first-order chi connectivity index (χ1) is 20.5. The second kappa shape index (κ2) is 10.8. The standard InChI is InChI=1S/C31H27F2N9/c1-19-35-31-36-28(25(18-42(31)40-19)24-16-23(32)9-10-26(24)33)21-7-5-20(6-8-21)17-41-14-11-22(12-15-41)29-37-30(39-38-29)27-4-2-3-13-34-27/h2-10,13,16,18,22H,11-12,14-15,17H2,1H3,(H,37,38,39). The summed E-state index contributed by atoms with van der Waals surface area (Å²) < 4.78 is 30.4. The molecular formula is C31H27F2N9. The molecule has 0 bridgehead atoms.